The number of hydrogen-bond acceptors (Lipinski definition) is 3. The molecule has 24 heavy (non-hydrogen) atoms. The number of aliphatic imine (C=N–C) groups is 1. The van der Waals surface area contributed by atoms with Gasteiger partial charge in [0.25, 0.3) is 0 Å². The molecule has 0 saturated carbocycles. The van der Waals surface area contributed by atoms with E-state index < -0.39 is 0 Å². The summed E-state index contributed by atoms with van der Waals surface area (Å²) >= 11 is 0. The lowest BCUT2D eigenvalue weighted by molar-refractivity contribution is 0.242. The van der Waals surface area contributed by atoms with E-state index in [4.69, 9.17) is 4.99 Å². The molecule has 2 N–H and O–H groups in total. The molecule has 1 aliphatic rings. The standard InChI is InChI=1S/C18H31N5.HI/c1-3-17(23-13-7-8-14-23)15-22-18(19-4-2)21-12-10-16-9-5-6-11-20-16;/h5-6,9,11,17H,3-4,7-8,10,12-15H2,1-2H3,(H2,19,21,22);1H. The Morgan fingerprint density at radius 1 is 1.25 bits per heavy atom. The third-order valence-electron chi connectivity index (χ3n) is 4.33. The Labute approximate surface area is 163 Å². The Balaban J connectivity index is 0.00000288. The van der Waals surface area contributed by atoms with Crippen molar-refractivity contribution in [3.8, 4) is 0 Å². The summed E-state index contributed by atoms with van der Waals surface area (Å²) in [6.07, 6.45) is 6.59. The van der Waals surface area contributed by atoms with Crippen LogP contribution in [0.3, 0.4) is 0 Å². The summed E-state index contributed by atoms with van der Waals surface area (Å²) in [7, 11) is 0. The molecule has 0 aromatic carbocycles. The molecule has 5 nitrogen and oxygen atoms in total. The van der Waals surface area contributed by atoms with Crippen LogP contribution < -0.4 is 10.6 Å². The van der Waals surface area contributed by atoms with E-state index in [-0.39, 0.29) is 24.0 Å². The molecule has 0 spiro atoms. The van der Waals surface area contributed by atoms with Gasteiger partial charge in [-0.3, -0.25) is 14.9 Å². The number of guanidine groups is 1. The number of nitrogens with zero attached hydrogens (tertiary/aromatic N) is 3. The average Bonchev–Trinajstić information content (AvgIpc) is 3.11. The quantitative estimate of drug-likeness (QED) is 0.367. The Morgan fingerprint density at radius 2 is 2.04 bits per heavy atom. The second-order valence-corrected chi connectivity index (χ2v) is 6.02. The van der Waals surface area contributed by atoms with E-state index in [9.17, 15) is 0 Å². The lowest BCUT2D eigenvalue weighted by Crippen LogP contribution is -2.40. The van der Waals surface area contributed by atoms with Gasteiger partial charge in [0.05, 0.1) is 6.54 Å². The Hall–Kier alpha value is -0.890. The number of pyridine rings is 1. The molecule has 6 heteroatoms. The lowest BCUT2D eigenvalue weighted by atomic mass is 10.2. The fourth-order valence-corrected chi connectivity index (χ4v) is 3.00. The minimum atomic E-state index is 0. The van der Waals surface area contributed by atoms with Crippen molar-refractivity contribution in [3.05, 3.63) is 30.1 Å². The van der Waals surface area contributed by atoms with Crippen LogP contribution in [-0.4, -0.2) is 54.6 Å². The highest BCUT2D eigenvalue weighted by molar-refractivity contribution is 14.0. The van der Waals surface area contributed by atoms with Crippen molar-refractivity contribution in [1.29, 1.82) is 0 Å². The van der Waals surface area contributed by atoms with E-state index in [2.05, 4.69) is 40.4 Å². The molecule has 1 fully saturated rings. The molecule has 1 atom stereocenters. The van der Waals surface area contributed by atoms with Crippen LogP contribution in [0.4, 0.5) is 0 Å². The second-order valence-electron chi connectivity index (χ2n) is 6.02. The van der Waals surface area contributed by atoms with Crippen molar-refractivity contribution in [3.63, 3.8) is 0 Å². The summed E-state index contributed by atoms with van der Waals surface area (Å²) < 4.78 is 0. The van der Waals surface area contributed by atoms with Gasteiger partial charge in [-0.05, 0) is 51.4 Å². The molecule has 136 valence electrons. The first kappa shape index (κ1) is 21.2. The predicted molar refractivity (Wildman–Crippen MR) is 112 cm³/mol. The topological polar surface area (TPSA) is 52.6 Å². The monoisotopic (exact) mass is 445 g/mol. The SMILES string of the molecule is CCNC(=NCC(CC)N1CCCC1)NCCc1ccccn1.I. The zero-order valence-corrected chi connectivity index (χ0v) is 17.3. The van der Waals surface area contributed by atoms with Gasteiger partial charge < -0.3 is 10.6 Å². The summed E-state index contributed by atoms with van der Waals surface area (Å²) in [5, 5.41) is 6.76. The largest absolute Gasteiger partial charge is 0.357 e. The zero-order valence-electron chi connectivity index (χ0n) is 15.0. The minimum Gasteiger partial charge on any atom is -0.357 e. The van der Waals surface area contributed by atoms with Gasteiger partial charge in [-0.25, -0.2) is 0 Å². The van der Waals surface area contributed by atoms with Crippen molar-refractivity contribution in [1.82, 2.24) is 20.5 Å². The molecule has 1 saturated heterocycles. The fourth-order valence-electron chi connectivity index (χ4n) is 3.00. The van der Waals surface area contributed by atoms with E-state index in [1.54, 1.807) is 0 Å². The van der Waals surface area contributed by atoms with Crippen molar-refractivity contribution in [2.45, 2.75) is 45.6 Å². The first-order valence-corrected chi connectivity index (χ1v) is 8.99. The van der Waals surface area contributed by atoms with Gasteiger partial charge in [0.15, 0.2) is 5.96 Å². The van der Waals surface area contributed by atoms with Crippen LogP contribution in [0.1, 0.15) is 38.8 Å². The highest BCUT2D eigenvalue weighted by Gasteiger charge is 2.19. The summed E-state index contributed by atoms with van der Waals surface area (Å²) in [6, 6.07) is 6.62. The van der Waals surface area contributed by atoms with Gasteiger partial charge >= 0.3 is 0 Å². The number of hydrogen-bond donors (Lipinski definition) is 2. The van der Waals surface area contributed by atoms with Gasteiger partial charge in [-0.2, -0.15) is 0 Å². The van der Waals surface area contributed by atoms with E-state index in [1.807, 2.05) is 18.3 Å². The van der Waals surface area contributed by atoms with Gasteiger partial charge in [0.2, 0.25) is 0 Å². The molecule has 1 aromatic rings. The number of aromatic nitrogens is 1. The summed E-state index contributed by atoms with van der Waals surface area (Å²) in [4.78, 5) is 11.7. The normalized spacial score (nSPS) is 16.5. The van der Waals surface area contributed by atoms with E-state index in [0.717, 1.165) is 44.1 Å². The molecular formula is C18H32IN5. The smallest absolute Gasteiger partial charge is 0.191 e. The second kappa shape index (κ2) is 12.5. The number of likely N-dealkylation sites (tertiary alicyclic amines) is 1. The molecular weight excluding hydrogens is 413 g/mol. The number of halogens is 1. The van der Waals surface area contributed by atoms with Crippen LogP contribution >= 0.6 is 24.0 Å². The lowest BCUT2D eigenvalue weighted by Gasteiger charge is -2.25. The first-order valence-electron chi connectivity index (χ1n) is 8.99. The number of rotatable bonds is 8. The zero-order chi connectivity index (χ0) is 16.3. The number of nitrogens with one attached hydrogen (secondary N) is 2. The van der Waals surface area contributed by atoms with E-state index in [0.29, 0.717) is 6.04 Å². The third-order valence-corrected chi connectivity index (χ3v) is 4.33. The van der Waals surface area contributed by atoms with Crippen LogP contribution in [0.25, 0.3) is 0 Å². The average molecular weight is 445 g/mol. The summed E-state index contributed by atoms with van der Waals surface area (Å²) in [5.41, 5.74) is 1.11. The Kier molecular flexibility index (Phi) is 11.0. The van der Waals surface area contributed by atoms with Crippen LogP contribution in [0.5, 0.6) is 0 Å². The molecule has 0 aliphatic carbocycles. The Bertz CT molecular complexity index is 460. The first-order chi connectivity index (χ1) is 11.3. The van der Waals surface area contributed by atoms with Gasteiger partial charge in [0.1, 0.15) is 0 Å². The van der Waals surface area contributed by atoms with E-state index in [1.165, 1.54) is 25.9 Å². The van der Waals surface area contributed by atoms with Crippen LogP contribution in [0.2, 0.25) is 0 Å². The molecule has 2 rings (SSSR count). The van der Waals surface area contributed by atoms with Crippen LogP contribution in [0.15, 0.2) is 29.4 Å². The third kappa shape index (κ3) is 7.34. The predicted octanol–water partition coefficient (Wildman–Crippen LogP) is 2.67. The molecule has 0 radical (unpaired) electrons. The molecule has 0 bridgehead atoms. The molecule has 1 aromatic heterocycles. The van der Waals surface area contributed by atoms with Crippen LogP contribution in [-0.2, 0) is 6.42 Å². The van der Waals surface area contributed by atoms with Crippen molar-refractivity contribution < 1.29 is 0 Å². The minimum absolute atomic E-state index is 0. The van der Waals surface area contributed by atoms with Gasteiger partial charge in [-0.1, -0.05) is 13.0 Å². The molecule has 1 unspecified atom stereocenters. The molecule has 1 aliphatic heterocycles. The van der Waals surface area contributed by atoms with E-state index >= 15 is 0 Å². The molecule has 2 heterocycles. The maximum absolute atomic E-state index is 4.79. The van der Waals surface area contributed by atoms with Crippen molar-refractivity contribution >= 4 is 29.9 Å². The maximum Gasteiger partial charge on any atom is 0.191 e. The van der Waals surface area contributed by atoms with Gasteiger partial charge in [-0.15, -0.1) is 24.0 Å². The van der Waals surface area contributed by atoms with Crippen molar-refractivity contribution in [2.24, 2.45) is 4.99 Å². The molecule has 0 amide bonds. The van der Waals surface area contributed by atoms with Crippen molar-refractivity contribution in [2.75, 3.05) is 32.7 Å². The maximum atomic E-state index is 4.79. The van der Waals surface area contributed by atoms with Gasteiger partial charge in [0, 0.05) is 37.4 Å². The van der Waals surface area contributed by atoms with Crippen LogP contribution in [0, 0.1) is 0 Å². The summed E-state index contributed by atoms with van der Waals surface area (Å²) in [5.74, 6) is 0.918. The fraction of sp³-hybridized carbons (Fsp3) is 0.667. The highest BCUT2D eigenvalue weighted by atomic mass is 127. The Morgan fingerprint density at radius 3 is 2.67 bits per heavy atom. The summed E-state index contributed by atoms with van der Waals surface area (Å²) in [6.45, 7) is 9.44. The highest BCUT2D eigenvalue weighted by Crippen LogP contribution is 2.14.